The van der Waals surface area contributed by atoms with Gasteiger partial charge in [0, 0.05) is 17.0 Å². The smallest absolute Gasteiger partial charge is 0.126 e. The summed E-state index contributed by atoms with van der Waals surface area (Å²) in [5, 5.41) is 1.27. The van der Waals surface area contributed by atoms with E-state index in [1.165, 1.54) is 55.2 Å². The molecule has 0 radical (unpaired) electrons. The van der Waals surface area contributed by atoms with Crippen molar-refractivity contribution in [2.45, 2.75) is 72.6 Å². The van der Waals surface area contributed by atoms with Gasteiger partial charge in [0.1, 0.15) is 12.0 Å². The Hall–Kier alpha value is -2.29. The van der Waals surface area contributed by atoms with Crippen LogP contribution in [0.15, 0.2) is 42.2 Å². The van der Waals surface area contributed by atoms with Gasteiger partial charge in [-0.1, -0.05) is 76.6 Å². The quantitative estimate of drug-likeness (QED) is 0.297. The van der Waals surface area contributed by atoms with Crippen LogP contribution in [-0.4, -0.2) is 18.0 Å². The number of hydrogen-bond acceptors (Lipinski definition) is 2. The summed E-state index contributed by atoms with van der Waals surface area (Å²) in [7, 11) is 1.67. The molecular formula is C26H37NO2. The molecule has 2 aromatic rings. The van der Waals surface area contributed by atoms with Gasteiger partial charge in [-0.3, -0.25) is 0 Å². The third-order valence-electron chi connectivity index (χ3n) is 5.78. The summed E-state index contributed by atoms with van der Waals surface area (Å²) in [5.41, 5.74) is 4.69. The van der Waals surface area contributed by atoms with Crippen LogP contribution in [-0.2, 0) is 16.0 Å². The van der Waals surface area contributed by atoms with E-state index in [0.29, 0.717) is 0 Å². The summed E-state index contributed by atoms with van der Waals surface area (Å²) >= 11 is 0. The van der Waals surface area contributed by atoms with Gasteiger partial charge in [0.25, 0.3) is 0 Å². The zero-order valence-electron chi connectivity index (χ0n) is 18.8. The molecule has 1 aromatic carbocycles. The van der Waals surface area contributed by atoms with Crippen LogP contribution in [0, 0.1) is 12.8 Å². The summed E-state index contributed by atoms with van der Waals surface area (Å²) in [5.74, 6) is 0.702. The molecule has 0 amide bonds. The lowest BCUT2D eigenvalue weighted by molar-refractivity contribution is -0.109. The highest BCUT2D eigenvalue weighted by Crippen LogP contribution is 2.31. The maximum Gasteiger partial charge on any atom is 0.126 e. The predicted octanol–water partition coefficient (Wildman–Crippen LogP) is 7.08. The molecule has 0 aliphatic heterocycles. The van der Waals surface area contributed by atoms with E-state index in [1.54, 1.807) is 7.11 Å². The van der Waals surface area contributed by atoms with Crippen LogP contribution in [0.2, 0.25) is 0 Å². The van der Waals surface area contributed by atoms with Gasteiger partial charge in [0.2, 0.25) is 0 Å². The number of rotatable bonds is 6. The van der Waals surface area contributed by atoms with E-state index in [1.807, 2.05) is 26.0 Å². The molecule has 3 heteroatoms. The Morgan fingerprint density at radius 3 is 2.24 bits per heavy atom. The molecule has 1 atom stereocenters. The number of aromatic nitrogens is 1. The van der Waals surface area contributed by atoms with E-state index in [9.17, 15) is 4.79 Å². The normalized spacial score (nSPS) is 16.2. The fourth-order valence-corrected chi connectivity index (χ4v) is 3.99. The van der Waals surface area contributed by atoms with Gasteiger partial charge in [-0.25, -0.2) is 0 Å². The van der Waals surface area contributed by atoms with E-state index in [4.69, 9.17) is 4.74 Å². The highest BCUT2D eigenvalue weighted by molar-refractivity contribution is 5.89. The largest absolute Gasteiger partial charge is 0.499 e. The number of ether oxygens (including phenoxy) is 1. The molecule has 1 fully saturated rings. The lowest BCUT2D eigenvalue weighted by atomic mass is 10.0. The molecule has 29 heavy (non-hydrogen) atoms. The van der Waals surface area contributed by atoms with Gasteiger partial charge in [0.15, 0.2) is 0 Å². The van der Waals surface area contributed by atoms with Crippen LogP contribution >= 0.6 is 0 Å². The molecule has 1 aliphatic carbocycles. The number of fused-ring (bicyclic) bond motifs is 1. The fourth-order valence-electron chi connectivity index (χ4n) is 3.99. The molecular weight excluding hydrogens is 358 g/mol. The highest BCUT2D eigenvalue weighted by Gasteiger charge is 2.16. The third kappa shape index (κ3) is 5.85. The number of carbonyl (C=O) groups is 1. The van der Waals surface area contributed by atoms with Crippen LogP contribution in [0.4, 0.5) is 0 Å². The maximum absolute atomic E-state index is 10.9. The van der Waals surface area contributed by atoms with Crippen molar-refractivity contribution < 1.29 is 9.53 Å². The first kappa shape index (κ1) is 23.0. The van der Waals surface area contributed by atoms with E-state index >= 15 is 0 Å². The minimum Gasteiger partial charge on any atom is -0.499 e. The Balaban J connectivity index is 0.000000426. The van der Waals surface area contributed by atoms with Crippen LogP contribution in [0.5, 0.6) is 0 Å². The summed E-state index contributed by atoms with van der Waals surface area (Å²) in [6.45, 7) is 8.14. The first-order chi connectivity index (χ1) is 14.0. The zero-order chi connectivity index (χ0) is 21.2. The first-order valence-corrected chi connectivity index (χ1v) is 11.0. The second-order valence-electron chi connectivity index (χ2n) is 7.89. The number of hydrogen-bond donors (Lipinski definition) is 0. The van der Waals surface area contributed by atoms with Crippen LogP contribution in [0.3, 0.4) is 0 Å². The van der Waals surface area contributed by atoms with Crippen molar-refractivity contribution in [2.75, 3.05) is 7.11 Å². The van der Waals surface area contributed by atoms with Gasteiger partial charge in [-0.05, 0) is 38.0 Å². The molecule has 1 heterocycles. The van der Waals surface area contributed by atoms with E-state index in [-0.39, 0.29) is 5.92 Å². The lowest BCUT2D eigenvalue weighted by Crippen LogP contribution is -2.03. The second kappa shape index (κ2) is 11.6. The Morgan fingerprint density at radius 2 is 1.72 bits per heavy atom. The van der Waals surface area contributed by atoms with Crippen molar-refractivity contribution in [1.29, 1.82) is 0 Å². The summed E-state index contributed by atoms with van der Waals surface area (Å²) in [4.78, 5) is 10.9. The number of para-hydroxylation sites is 1. The zero-order valence-corrected chi connectivity index (χ0v) is 18.8. The molecule has 0 N–H and O–H groups in total. The number of aldehydes is 1. The van der Waals surface area contributed by atoms with Gasteiger partial charge >= 0.3 is 0 Å². The Labute approximate surface area is 176 Å². The Kier molecular flexibility index (Phi) is 9.24. The van der Waals surface area contributed by atoms with E-state index in [2.05, 4.69) is 42.7 Å². The molecule has 1 saturated carbocycles. The second-order valence-corrected chi connectivity index (χ2v) is 7.89. The topological polar surface area (TPSA) is 31.2 Å². The minimum atomic E-state index is -0.123. The van der Waals surface area contributed by atoms with Crippen molar-refractivity contribution in [1.82, 2.24) is 4.57 Å². The van der Waals surface area contributed by atoms with Crippen LogP contribution in [0.1, 0.15) is 70.6 Å². The van der Waals surface area contributed by atoms with Gasteiger partial charge in [-0.2, -0.15) is 0 Å². The SMILES string of the molecule is C1CCCCC1.CCc1c(C)n(C(/C=C\C(C)C=O)=C(/C)OC)c2ccccc12. The monoisotopic (exact) mass is 395 g/mol. The number of nitrogens with zero attached hydrogens (tertiary/aromatic N) is 1. The molecule has 3 rings (SSSR count). The predicted molar refractivity (Wildman–Crippen MR) is 124 cm³/mol. The number of aryl methyl sites for hydroxylation is 1. The minimum absolute atomic E-state index is 0.123. The van der Waals surface area contributed by atoms with Gasteiger partial charge < -0.3 is 14.1 Å². The molecule has 3 nitrogen and oxygen atoms in total. The number of methoxy groups -OCH3 is 1. The average molecular weight is 396 g/mol. The molecule has 0 bridgehead atoms. The molecule has 158 valence electrons. The maximum atomic E-state index is 10.9. The van der Waals surface area contributed by atoms with Crippen LogP contribution < -0.4 is 0 Å². The van der Waals surface area contributed by atoms with Gasteiger partial charge in [0.05, 0.1) is 18.3 Å². The fraction of sp³-hybridized carbons (Fsp3) is 0.500. The van der Waals surface area contributed by atoms with Gasteiger partial charge in [-0.15, -0.1) is 0 Å². The van der Waals surface area contributed by atoms with E-state index in [0.717, 1.165) is 29.7 Å². The first-order valence-electron chi connectivity index (χ1n) is 11.0. The van der Waals surface area contributed by atoms with Crippen molar-refractivity contribution in [3.05, 3.63) is 53.4 Å². The van der Waals surface area contributed by atoms with Crippen molar-refractivity contribution in [3.8, 4) is 0 Å². The molecule has 0 spiro atoms. The lowest BCUT2D eigenvalue weighted by Gasteiger charge is -2.14. The summed E-state index contributed by atoms with van der Waals surface area (Å²) in [6, 6.07) is 8.41. The number of carbonyl (C=O) groups excluding carboxylic acids is 1. The van der Waals surface area contributed by atoms with Crippen molar-refractivity contribution in [3.63, 3.8) is 0 Å². The summed E-state index contributed by atoms with van der Waals surface area (Å²) < 4.78 is 7.72. The Bertz CT molecular complexity index is 841. The summed E-state index contributed by atoms with van der Waals surface area (Å²) in [6.07, 6.45) is 14.8. The van der Waals surface area contributed by atoms with Crippen molar-refractivity contribution in [2.24, 2.45) is 5.92 Å². The molecule has 1 unspecified atom stereocenters. The molecule has 1 aliphatic rings. The van der Waals surface area contributed by atoms with E-state index < -0.39 is 0 Å². The number of allylic oxidation sites excluding steroid dienone is 4. The Morgan fingerprint density at radius 1 is 1.14 bits per heavy atom. The highest BCUT2D eigenvalue weighted by atomic mass is 16.5. The van der Waals surface area contributed by atoms with Crippen LogP contribution in [0.25, 0.3) is 16.6 Å². The number of benzene rings is 1. The molecule has 0 saturated heterocycles. The standard InChI is InChI=1S/C20H25NO2.C6H12/c1-6-17-15(3)21(20-10-8-7-9-18(17)20)19(16(4)23-5)12-11-14(2)13-22;1-2-4-6-5-3-1/h7-14H,6H2,1-5H3;1-6H2/b12-11-,19-16-;. The van der Waals surface area contributed by atoms with Crippen molar-refractivity contribution >= 4 is 22.9 Å². The third-order valence-corrected chi connectivity index (χ3v) is 5.78. The average Bonchev–Trinajstić information content (AvgIpc) is 3.06. The molecule has 1 aromatic heterocycles.